The molecule has 5 nitrogen and oxygen atoms in total. The lowest BCUT2D eigenvalue weighted by molar-refractivity contribution is 0.0591. The molecule has 0 bridgehead atoms. The molecule has 1 saturated heterocycles. The molecule has 3 heterocycles. The van der Waals surface area contributed by atoms with Gasteiger partial charge in [0.2, 0.25) is 0 Å². The summed E-state index contributed by atoms with van der Waals surface area (Å²) in [5.74, 6) is 0.630. The largest absolute Gasteiger partial charge is 0.398 e. The number of aromatic nitrogens is 2. The quantitative estimate of drug-likeness (QED) is 0.382. The van der Waals surface area contributed by atoms with Gasteiger partial charge in [-0.2, -0.15) is 0 Å². The van der Waals surface area contributed by atoms with E-state index in [1.165, 1.54) is 0 Å². The Kier molecular flexibility index (Phi) is 5.41. The molecule has 0 amide bonds. The number of hydrogen-bond donors (Lipinski definition) is 2. The summed E-state index contributed by atoms with van der Waals surface area (Å²) in [5, 5.41) is 4.91. The third kappa shape index (κ3) is 3.87. The molecule has 1 aliphatic rings. The summed E-state index contributed by atoms with van der Waals surface area (Å²) in [6.45, 7) is 3.66. The van der Waals surface area contributed by atoms with Gasteiger partial charge in [0.1, 0.15) is 11.7 Å². The summed E-state index contributed by atoms with van der Waals surface area (Å²) in [6, 6.07) is 15.7. The van der Waals surface area contributed by atoms with Crippen molar-refractivity contribution in [2.75, 3.05) is 24.1 Å². The number of alkyl halides is 1. The van der Waals surface area contributed by atoms with E-state index in [0.29, 0.717) is 30.5 Å². The standard InChI is InChI=1S/C25H23ClFN5/c1-15-19(4-2-6-21(15)28)20-5-3-7-22(23(20)26)31-25-24-17(8-9-29-25)10-16(11-30-24)12-32-13-18(27)14-32/h2-11,18H,12-14,28H2,1H3,(H,29,31). The maximum Gasteiger partial charge on any atom is 0.156 e. The van der Waals surface area contributed by atoms with Gasteiger partial charge in [-0.3, -0.25) is 9.88 Å². The Labute approximate surface area is 191 Å². The average molecular weight is 448 g/mol. The Hall–Kier alpha value is -3.22. The monoisotopic (exact) mass is 447 g/mol. The lowest BCUT2D eigenvalue weighted by Gasteiger charge is -2.34. The van der Waals surface area contributed by atoms with E-state index in [1.807, 2.05) is 55.6 Å². The second-order valence-corrected chi connectivity index (χ2v) is 8.56. The lowest BCUT2D eigenvalue weighted by atomic mass is 9.99. The van der Waals surface area contributed by atoms with Gasteiger partial charge in [0.15, 0.2) is 5.82 Å². The minimum Gasteiger partial charge on any atom is -0.398 e. The zero-order valence-corrected chi connectivity index (χ0v) is 18.4. The van der Waals surface area contributed by atoms with Gasteiger partial charge in [-0.1, -0.05) is 35.9 Å². The number of nitrogens with zero attached hydrogens (tertiary/aromatic N) is 3. The molecule has 4 aromatic rings. The van der Waals surface area contributed by atoms with Crippen LogP contribution in [0.1, 0.15) is 11.1 Å². The summed E-state index contributed by atoms with van der Waals surface area (Å²) < 4.78 is 13.1. The Morgan fingerprint density at radius 3 is 2.72 bits per heavy atom. The highest BCUT2D eigenvalue weighted by Gasteiger charge is 2.26. The van der Waals surface area contributed by atoms with Gasteiger partial charge in [-0.05, 0) is 47.9 Å². The second-order valence-electron chi connectivity index (χ2n) is 8.18. The Balaban J connectivity index is 1.46. The second kappa shape index (κ2) is 8.37. The van der Waals surface area contributed by atoms with Crippen molar-refractivity contribution in [3.63, 3.8) is 0 Å². The van der Waals surface area contributed by atoms with E-state index in [1.54, 1.807) is 6.20 Å². The molecule has 162 valence electrons. The first kappa shape index (κ1) is 20.7. The molecule has 1 aliphatic heterocycles. The molecule has 0 spiro atoms. The minimum atomic E-state index is -0.708. The van der Waals surface area contributed by atoms with E-state index in [-0.39, 0.29) is 0 Å². The van der Waals surface area contributed by atoms with Crippen molar-refractivity contribution in [3.05, 3.63) is 77.1 Å². The summed E-state index contributed by atoms with van der Waals surface area (Å²) >= 11 is 6.80. The van der Waals surface area contributed by atoms with Crippen LogP contribution in [0.4, 0.5) is 21.6 Å². The van der Waals surface area contributed by atoms with Gasteiger partial charge in [0, 0.05) is 48.7 Å². The fourth-order valence-electron chi connectivity index (χ4n) is 4.09. The van der Waals surface area contributed by atoms with Crippen LogP contribution in [0, 0.1) is 6.92 Å². The predicted molar refractivity (Wildman–Crippen MR) is 129 cm³/mol. The molecule has 1 fully saturated rings. The van der Waals surface area contributed by atoms with Gasteiger partial charge >= 0.3 is 0 Å². The number of likely N-dealkylation sites (tertiary alicyclic amines) is 1. The first-order valence-electron chi connectivity index (χ1n) is 10.5. The number of halogens is 2. The van der Waals surface area contributed by atoms with Gasteiger partial charge in [-0.15, -0.1) is 0 Å². The van der Waals surface area contributed by atoms with Crippen molar-refractivity contribution in [2.24, 2.45) is 0 Å². The molecule has 0 atom stereocenters. The fraction of sp³-hybridized carbons (Fsp3) is 0.200. The zero-order valence-electron chi connectivity index (χ0n) is 17.6. The van der Waals surface area contributed by atoms with E-state index in [2.05, 4.69) is 26.3 Å². The molecule has 0 radical (unpaired) electrons. The van der Waals surface area contributed by atoms with E-state index in [9.17, 15) is 4.39 Å². The SMILES string of the molecule is Cc1c(N)cccc1-c1cccc(Nc2nccc3cc(CN4CC(F)C4)cnc23)c1Cl. The number of nitrogens with one attached hydrogen (secondary N) is 1. The van der Waals surface area contributed by atoms with Crippen molar-refractivity contribution in [1.29, 1.82) is 0 Å². The topological polar surface area (TPSA) is 67.1 Å². The smallest absolute Gasteiger partial charge is 0.156 e. The number of anilines is 3. The highest BCUT2D eigenvalue weighted by atomic mass is 35.5. The summed E-state index contributed by atoms with van der Waals surface area (Å²) in [7, 11) is 0. The molecule has 7 heteroatoms. The van der Waals surface area contributed by atoms with Crippen molar-refractivity contribution in [1.82, 2.24) is 14.9 Å². The average Bonchev–Trinajstić information content (AvgIpc) is 2.76. The number of nitrogens with two attached hydrogens (primary N) is 1. The Bertz CT molecular complexity index is 1300. The van der Waals surface area contributed by atoms with Crippen LogP contribution >= 0.6 is 11.6 Å². The van der Waals surface area contributed by atoms with E-state index >= 15 is 0 Å². The molecular formula is C25H23ClFN5. The molecule has 32 heavy (non-hydrogen) atoms. The van der Waals surface area contributed by atoms with E-state index in [0.717, 1.165) is 44.5 Å². The molecule has 0 saturated carbocycles. The first-order chi connectivity index (χ1) is 15.5. The van der Waals surface area contributed by atoms with Crippen LogP contribution in [-0.2, 0) is 6.54 Å². The third-order valence-corrected chi connectivity index (χ3v) is 6.30. The Morgan fingerprint density at radius 1 is 1.12 bits per heavy atom. The van der Waals surface area contributed by atoms with Crippen LogP contribution in [0.25, 0.3) is 22.0 Å². The molecule has 3 N–H and O–H groups in total. The number of pyridine rings is 2. The highest BCUT2D eigenvalue weighted by molar-refractivity contribution is 6.36. The number of rotatable bonds is 5. The molecular weight excluding hydrogens is 425 g/mol. The summed E-state index contributed by atoms with van der Waals surface area (Å²) in [4.78, 5) is 11.2. The lowest BCUT2D eigenvalue weighted by Crippen LogP contribution is -2.47. The summed E-state index contributed by atoms with van der Waals surface area (Å²) in [6.07, 6.45) is 2.87. The fourth-order valence-corrected chi connectivity index (χ4v) is 4.36. The maximum absolute atomic E-state index is 13.1. The highest BCUT2D eigenvalue weighted by Crippen LogP contribution is 2.38. The van der Waals surface area contributed by atoms with Crippen molar-refractivity contribution < 1.29 is 4.39 Å². The first-order valence-corrected chi connectivity index (χ1v) is 10.9. The normalized spacial score (nSPS) is 14.5. The summed E-state index contributed by atoms with van der Waals surface area (Å²) in [5.41, 5.74) is 12.3. The number of hydrogen-bond acceptors (Lipinski definition) is 5. The molecule has 2 aromatic heterocycles. The molecule has 5 rings (SSSR count). The van der Waals surface area contributed by atoms with Gasteiger partial charge in [-0.25, -0.2) is 9.37 Å². The number of nitrogen functional groups attached to an aromatic ring is 1. The van der Waals surface area contributed by atoms with Gasteiger partial charge < -0.3 is 11.1 Å². The van der Waals surface area contributed by atoms with E-state index in [4.69, 9.17) is 17.3 Å². The van der Waals surface area contributed by atoms with Crippen molar-refractivity contribution in [2.45, 2.75) is 19.6 Å². The molecule has 0 unspecified atom stereocenters. The number of benzene rings is 2. The zero-order chi connectivity index (χ0) is 22.2. The van der Waals surface area contributed by atoms with Crippen LogP contribution in [0.2, 0.25) is 5.02 Å². The van der Waals surface area contributed by atoms with Crippen LogP contribution in [0.3, 0.4) is 0 Å². The predicted octanol–water partition coefficient (Wildman–Crippen LogP) is 5.74. The third-order valence-electron chi connectivity index (χ3n) is 5.89. The van der Waals surface area contributed by atoms with Gasteiger partial charge in [0.05, 0.1) is 10.7 Å². The molecule has 0 aliphatic carbocycles. The van der Waals surface area contributed by atoms with Crippen molar-refractivity contribution in [3.8, 4) is 11.1 Å². The van der Waals surface area contributed by atoms with E-state index < -0.39 is 6.17 Å². The Morgan fingerprint density at radius 2 is 1.91 bits per heavy atom. The van der Waals surface area contributed by atoms with Crippen molar-refractivity contribution >= 4 is 39.7 Å². The van der Waals surface area contributed by atoms with Gasteiger partial charge in [0.25, 0.3) is 0 Å². The van der Waals surface area contributed by atoms with Crippen LogP contribution in [0.15, 0.2) is 60.9 Å². The van der Waals surface area contributed by atoms with Crippen LogP contribution in [0.5, 0.6) is 0 Å². The minimum absolute atomic E-state index is 0.489. The maximum atomic E-state index is 13.1. The van der Waals surface area contributed by atoms with Crippen LogP contribution < -0.4 is 11.1 Å². The number of fused-ring (bicyclic) bond motifs is 1. The van der Waals surface area contributed by atoms with Crippen LogP contribution in [-0.4, -0.2) is 34.1 Å². The molecule has 2 aromatic carbocycles.